The molecule has 0 radical (unpaired) electrons. The van der Waals surface area contributed by atoms with Crippen LogP contribution in [0.15, 0.2) is 56.9 Å². The number of piperazine rings is 1. The highest BCUT2D eigenvalue weighted by Gasteiger charge is 2.34. The average Bonchev–Trinajstić information content (AvgIpc) is 3.50. The molecule has 2 aliphatic heterocycles. The van der Waals surface area contributed by atoms with E-state index in [1.54, 1.807) is 54.6 Å². The van der Waals surface area contributed by atoms with Crippen LogP contribution in [0, 0.1) is 0 Å². The Morgan fingerprint density at radius 3 is 2.72 bits per heavy atom. The highest BCUT2D eigenvalue weighted by Crippen LogP contribution is 2.34. The molecule has 0 spiro atoms. The lowest BCUT2D eigenvalue weighted by Gasteiger charge is -2.35. The number of hydrogen-bond acceptors (Lipinski definition) is 9. The average molecular weight is 526 g/mol. The Kier molecular flexibility index (Phi) is 6.79. The van der Waals surface area contributed by atoms with Crippen LogP contribution in [0.4, 0.5) is 10.6 Å². The van der Waals surface area contributed by atoms with Crippen molar-refractivity contribution in [2.45, 2.75) is 13.5 Å². The Labute approximate surface area is 216 Å². The van der Waals surface area contributed by atoms with Gasteiger partial charge in [-0.05, 0) is 37.3 Å². The number of thiocarbonyl (C=S) groups is 1. The number of anilines is 1. The number of pyridine rings is 1. The highest BCUT2D eigenvalue weighted by molar-refractivity contribution is 8.26. The van der Waals surface area contributed by atoms with E-state index in [0.717, 1.165) is 11.8 Å². The fraction of sp³-hybridized carbons (Fsp3) is 0.292. The van der Waals surface area contributed by atoms with Crippen LogP contribution < -0.4 is 10.5 Å². The van der Waals surface area contributed by atoms with Crippen LogP contribution in [0.5, 0.6) is 0 Å². The van der Waals surface area contributed by atoms with Gasteiger partial charge in [0.05, 0.1) is 29.9 Å². The Hall–Kier alpha value is -3.64. The van der Waals surface area contributed by atoms with Gasteiger partial charge in [0, 0.05) is 32.4 Å². The maximum absolute atomic E-state index is 13.5. The van der Waals surface area contributed by atoms with Crippen molar-refractivity contribution in [3.05, 3.63) is 69.4 Å². The van der Waals surface area contributed by atoms with Gasteiger partial charge in [0.2, 0.25) is 0 Å². The number of aromatic nitrogens is 2. The number of nitrogens with zero attached hydrogens (tertiary/aromatic N) is 5. The van der Waals surface area contributed by atoms with E-state index in [0.29, 0.717) is 64.8 Å². The van der Waals surface area contributed by atoms with Crippen LogP contribution in [0.3, 0.4) is 0 Å². The van der Waals surface area contributed by atoms with Gasteiger partial charge in [-0.25, -0.2) is 9.78 Å². The van der Waals surface area contributed by atoms with E-state index in [9.17, 15) is 14.4 Å². The number of rotatable bonds is 5. The van der Waals surface area contributed by atoms with Crippen molar-refractivity contribution in [3.8, 4) is 0 Å². The summed E-state index contributed by atoms with van der Waals surface area (Å²) < 4.78 is 12.3. The monoisotopic (exact) mass is 525 g/mol. The lowest BCUT2D eigenvalue weighted by atomic mass is 10.2. The van der Waals surface area contributed by atoms with E-state index in [1.807, 2.05) is 11.0 Å². The predicted octanol–water partition coefficient (Wildman–Crippen LogP) is 2.97. The molecule has 0 unspecified atom stereocenters. The summed E-state index contributed by atoms with van der Waals surface area (Å²) in [5, 5.41) is 0. The van der Waals surface area contributed by atoms with Gasteiger partial charge in [-0.15, -0.1) is 0 Å². The number of furan rings is 1. The number of fused-ring (bicyclic) bond motifs is 1. The highest BCUT2D eigenvalue weighted by atomic mass is 32.2. The maximum atomic E-state index is 13.5. The molecule has 2 amide bonds. The molecule has 0 N–H and O–H groups in total. The standard InChI is InChI=1S/C24H23N5O5S2/c1-2-33-23(32)27-11-9-26(10-12-27)20-17(21(30)28-8-4-3-7-19(28)25-20)14-18-22(31)29(24(35)36-18)15-16-6-5-13-34-16/h3-8,13-14H,2,9-12,15H2,1H3/b18-14+. The molecule has 12 heteroatoms. The van der Waals surface area contributed by atoms with Crippen molar-refractivity contribution >= 4 is 57.8 Å². The maximum Gasteiger partial charge on any atom is 0.409 e. The van der Waals surface area contributed by atoms with Gasteiger partial charge in [0.25, 0.3) is 11.5 Å². The quantitative estimate of drug-likeness (QED) is 0.368. The van der Waals surface area contributed by atoms with Crippen molar-refractivity contribution in [2.75, 3.05) is 37.7 Å². The van der Waals surface area contributed by atoms with Crippen LogP contribution in [-0.2, 0) is 16.1 Å². The summed E-state index contributed by atoms with van der Waals surface area (Å²) in [4.78, 5) is 49.0. The molecule has 36 heavy (non-hydrogen) atoms. The van der Waals surface area contributed by atoms with Crippen LogP contribution in [0.2, 0.25) is 0 Å². The molecule has 5 heterocycles. The molecular formula is C24H23N5O5S2. The molecule has 0 aromatic carbocycles. The molecule has 186 valence electrons. The van der Waals surface area contributed by atoms with Crippen LogP contribution in [0.1, 0.15) is 18.2 Å². The van der Waals surface area contributed by atoms with Crippen LogP contribution in [-0.4, -0.2) is 68.3 Å². The smallest absolute Gasteiger partial charge is 0.409 e. The lowest BCUT2D eigenvalue weighted by molar-refractivity contribution is -0.122. The summed E-state index contributed by atoms with van der Waals surface area (Å²) >= 11 is 6.58. The van der Waals surface area contributed by atoms with E-state index in [-0.39, 0.29) is 24.1 Å². The first kappa shape index (κ1) is 24.1. The molecule has 10 nitrogen and oxygen atoms in total. The van der Waals surface area contributed by atoms with Gasteiger partial charge in [0.15, 0.2) is 0 Å². The first-order valence-corrected chi connectivity index (χ1v) is 12.6. The Balaban J connectivity index is 1.49. The molecule has 2 fully saturated rings. The van der Waals surface area contributed by atoms with Crippen LogP contribution in [0.25, 0.3) is 11.7 Å². The second-order valence-electron chi connectivity index (χ2n) is 8.10. The minimum atomic E-state index is -0.357. The molecule has 3 aromatic heterocycles. The predicted molar refractivity (Wildman–Crippen MR) is 140 cm³/mol. The molecule has 0 bridgehead atoms. The first-order chi connectivity index (χ1) is 17.5. The molecule has 2 saturated heterocycles. The van der Waals surface area contributed by atoms with Gasteiger partial charge in [0.1, 0.15) is 21.5 Å². The molecule has 3 aromatic rings. The molecular weight excluding hydrogens is 502 g/mol. The van der Waals surface area contributed by atoms with E-state index in [1.165, 1.54) is 9.30 Å². The van der Waals surface area contributed by atoms with Gasteiger partial charge >= 0.3 is 6.09 Å². The fourth-order valence-electron chi connectivity index (χ4n) is 4.10. The van der Waals surface area contributed by atoms with Crippen molar-refractivity contribution in [3.63, 3.8) is 0 Å². The third-order valence-corrected chi connectivity index (χ3v) is 7.27. The SMILES string of the molecule is CCOC(=O)N1CCN(c2nc3ccccn3c(=O)c2/C=C2/SC(=S)N(Cc3ccco3)C2=O)CC1. The Morgan fingerprint density at radius 1 is 1.19 bits per heavy atom. The van der Waals surface area contributed by atoms with Gasteiger partial charge in [-0.3, -0.25) is 18.9 Å². The third-order valence-electron chi connectivity index (χ3n) is 5.90. The Bertz CT molecular complexity index is 1410. The minimum Gasteiger partial charge on any atom is -0.467 e. The zero-order chi connectivity index (χ0) is 25.2. The van der Waals surface area contributed by atoms with E-state index < -0.39 is 0 Å². The van der Waals surface area contributed by atoms with Crippen LogP contribution >= 0.6 is 24.0 Å². The largest absolute Gasteiger partial charge is 0.467 e. The van der Waals surface area contributed by atoms with Crippen molar-refractivity contribution in [1.29, 1.82) is 0 Å². The number of amides is 2. The number of ether oxygens (including phenoxy) is 1. The van der Waals surface area contributed by atoms with E-state index >= 15 is 0 Å². The number of hydrogen-bond donors (Lipinski definition) is 0. The zero-order valence-corrected chi connectivity index (χ0v) is 21.1. The fourth-order valence-corrected chi connectivity index (χ4v) is 5.34. The normalized spacial score (nSPS) is 17.5. The molecule has 0 atom stereocenters. The topological polar surface area (TPSA) is 101 Å². The van der Waals surface area contributed by atoms with Crippen molar-refractivity contribution < 1.29 is 18.7 Å². The van der Waals surface area contributed by atoms with Gasteiger partial charge in [-0.2, -0.15) is 0 Å². The van der Waals surface area contributed by atoms with Crippen molar-refractivity contribution in [2.24, 2.45) is 0 Å². The van der Waals surface area contributed by atoms with Gasteiger partial charge in [-0.1, -0.05) is 30.0 Å². The Morgan fingerprint density at radius 2 is 2.00 bits per heavy atom. The summed E-state index contributed by atoms with van der Waals surface area (Å²) in [6.45, 7) is 4.09. The second-order valence-corrected chi connectivity index (χ2v) is 9.78. The number of carbonyl (C=O) groups excluding carboxylic acids is 2. The summed E-state index contributed by atoms with van der Waals surface area (Å²) in [7, 11) is 0. The molecule has 5 rings (SSSR count). The van der Waals surface area contributed by atoms with E-state index in [4.69, 9.17) is 26.4 Å². The summed E-state index contributed by atoms with van der Waals surface area (Å²) in [6, 6.07) is 8.84. The third kappa shape index (κ3) is 4.61. The lowest BCUT2D eigenvalue weighted by Crippen LogP contribution is -2.49. The van der Waals surface area contributed by atoms with E-state index in [2.05, 4.69) is 0 Å². The number of thioether (sulfide) groups is 1. The second kappa shape index (κ2) is 10.2. The first-order valence-electron chi connectivity index (χ1n) is 11.4. The van der Waals surface area contributed by atoms with Crippen molar-refractivity contribution in [1.82, 2.24) is 19.2 Å². The molecule has 2 aliphatic rings. The molecule has 0 saturated carbocycles. The summed E-state index contributed by atoms with van der Waals surface area (Å²) in [5.74, 6) is 0.781. The molecule has 0 aliphatic carbocycles. The number of carbonyl (C=O) groups is 2. The summed E-state index contributed by atoms with van der Waals surface area (Å²) in [6.07, 6.45) is 4.40. The summed E-state index contributed by atoms with van der Waals surface area (Å²) in [5.41, 5.74) is 0.495. The van der Waals surface area contributed by atoms with Gasteiger partial charge < -0.3 is 19.0 Å². The zero-order valence-electron chi connectivity index (χ0n) is 19.5. The minimum absolute atomic E-state index is 0.215.